The van der Waals surface area contributed by atoms with Crippen LogP contribution in [-0.4, -0.2) is 100 Å². The van der Waals surface area contributed by atoms with Crippen molar-refractivity contribution in [3.8, 4) is 0 Å². The third kappa shape index (κ3) is 50.6. The van der Waals surface area contributed by atoms with Gasteiger partial charge in [-0.3, -0.25) is 9.59 Å². The van der Waals surface area contributed by atoms with Crippen molar-refractivity contribution in [2.45, 2.75) is 391 Å². The summed E-state index contributed by atoms with van der Waals surface area (Å²) in [7, 11) is 0. The molecule has 1 rings (SSSR count). The van der Waals surface area contributed by atoms with Gasteiger partial charge < -0.3 is 45.1 Å². The van der Waals surface area contributed by atoms with Gasteiger partial charge in [-0.05, 0) is 70.6 Å². The number of carbonyl (C=O) groups is 2. The van der Waals surface area contributed by atoms with E-state index >= 15 is 0 Å². The maximum atomic E-state index is 13.0. The van der Waals surface area contributed by atoms with Crippen molar-refractivity contribution < 1.29 is 49.3 Å². The van der Waals surface area contributed by atoms with Crippen molar-refractivity contribution in [1.82, 2.24) is 5.32 Å². The first-order valence-electron chi connectivity index (χ1n) is 35.8. The van der Waals surface area contributed by atoms with Gasteiger partial charge >= 0.3 is 5.97 Å². The average Bonchev–Trinajstić information content (AvgIpc) is 3.68. The number of aliphatic hydroxyl groups excluding tert-OH is 5. The Bertz CT molecular complexity index is 1470. The normalized spacial score (nSPS) is 18.3. The number of unbranched alkanes of at least 4 members (excludes halogenated alkanes) is 45. The van der Waals surface area contributed by atoms with E-state index in [4.69, 9.17) is 14.2 Å². The van der Waals surface area contributed by atoms with Crippen LogP contribution in [0.25, 0.3) is 0 Å². The number of hydrogen-bond donors (Lipinski definition) is 6. The van der Waals surface area contributed by atoms with Crippen LogP contribution in [0.5, 0.6) is 0 Å². The minimum absolute atomic E-state index is 0.0111. The minimum Gasteiger partial charge on any atom is -0.466 e. The molecule has 0 bridgehead atoms. The van der Waals surface area contributed by atoms with Gasteiger partial charge in [0.1, 0.15) is 24.4 Å². The first-order chi connectivity index (χ1) is 40.7. The Balaban J connectivity index is 1.93. The molecule has 1 amide bonds. The molecule has 11 nitrogen and oxygen atoms in total. The summed E-state index contributed by atoms with van der Waals surface area (Å²) in [5.41, 5.74) is 0. The zero-order valence-corrected chi connectivity index (χ0v) is 54.2. The highest BCUT2D eigenvalue weighted by Gasteiger charge is 2.44. The number of nitrogens with one attached hydrogen (secondary N) is 1. The van der Waals surface area contributed by atoms with E-state index in [9.17, 15) is 35.1 Å². The van der Waals surface area contributed by atoms with E-state index in [2.05, 4.69) is 43.5 Å². The third-order valence-corrected chi connectivity index (χ3v) is 17.0. The standard InChI is InChI=1S/C72H135NO10/c1-3-5-7-9-11-13-38-42-46-50-54-58-65(75)64(63-82-72-71(80)70(79)69(78)66(62-74)83-72)73-67(76)59-55-51-47-43-40-36-34-32-30-28-26-24-22-20-18-16-15-17-19-21-23-25-27-29-31-33-35-37-41-45-49-53-57-61-81-68(77)60-56-52-48-44-39-14-12-10-8-6-4-2/h19,21,38,42,54,58,64-66,69-72,74-75,78-80H,3-18,20,22-37,39-41,43-53,55-57,59-63H2,1-2H3,(H,73,76)/b21-19-,42-38+,58-54+. The van der Waals surface area contributed by atoms with Crippen LogP contribution in [0.4, 0.5) is 0 Å². The fourth-order valence-corrected chi connectivity index (χ4v) is 11.3. The highest BCUT2D eigenvalue weighted by molar-refractivity contribution is 5.76. The maximum absolute atomic E-state index is 13.0. The summed E-state index contributed by atoms with van der Waals surface area (Å²) in [5.74, 6) is -0.177. The van der Waals surface area contributed by atoms with E-state index in [0.717, 1.165) is 51.4 Å². The van der Waals surface area contributed by atoms with E-state index in [1.54, 1.807) is 6.08 Å². The van der Waals surface area contributed by atoms with E-state index < -0.39 is 49.5 Å². The number of carbonyl (C=O) groups excluding carboxylic acids is 2. The van der Waals surface area contributed by atoms with Crippen LogP contribution in [0.1, 0.15) is 348 Å². The molecule has 7 atom stereocenters. The van der Waals surface area contributed by atoms with Crippen molar-refractivity contribution in [2.75, 3.05) is 19.8 Å². The zero-order chi connectivity index (χ0) is 60.2. The molecule has 0 aromatic carbocycles. The molecule has 1 aliphatic heterocycles. The fraction of sp³-hybridized carbons (Fsp3) is 0.889. The Labute approximate surface area is 511 Å². The molecule has 0 radical (unpaired) electrons. The van der Waals surface area contributed by atoms with Crippen LogP contribution < -0.4 is 5.32 Å². The van der Waals surface area contributed by atoms with Crippen LogP contribution in [0.15, 0.2) is 36.5 Å². The van der Waals surface area contributed by atoms with E-state index in [-0.39, 0.29) is 18.5 Å². The lowest BCUT2D eigenvalue weighted by molar-refractivity contribution is -0.302. The number of aliphatic hydroxyl groups is 5. The first-order valence-corrected chi connectivity index (χ1v) is 35.8. The molecule has 6 N–H and O–H groups in total. The molecule has 1 aliphatic rings. The van der Waals surface area contributed by atoms with Gasteiger partial charge in [0.05, 0.1) is 32.0 Å². The van der Waals surface area contributed by atoms with Crippen LogP contribution in [0.3, 0.4) is 0 Å². The first kappa shape index (κ1) is 78.9. The van der Waals surface area contributed by atoms with Crippen LogP contribution in [-0.2, 0) is 23.8 Å². The van der Waals surface area contributed by atoms with Crippen molar-refractivity contribution in [1.29, 1.82) is 0 Å². The summed E-state index contributed by atoms with van der Waals surface area (Å²) >= 11 is 0. The van der Waals surface area contributed by atoms with E-state index in [0.29, 0.717) is 19.4 Å². The number of allylic oxidation sites excluding steroid dienone is 5. The third-order valence-electron chi connectivity index (χ3n) is 17.0. The summed E-state index contributed by atoms with van der Waals surface area (Å²) in [6, 6.07) is -0.824. The molecule has 0 aromatic rings. The predicted octanol–water partition coefficient (Wildman–Crippen LogP) is 18.2. The molecular weight excluding hydrogens is 1040 g/mol. The lowest BCUT2D eigenvalue weighted by atomic mass is 9.99. The molecule has 0 aromatic heterocycles. The molecular formula is C72H135NO10. The highest BCUT2D eigenvalue weighted by Crippen LogP contribution is 2.23. The zero-order valence-electron chi connectivity index (χ0n) is 54.2. The summed E-state index contributed by atoms with van der Waals surface area (Å²) in [4.78, 5) is 25.1. The van der Waals surface area contributed by atoms with Crippen molar-refractivity contribution in [3.05, 3.63) is 36.5 Å². The fourth-order valence-electron chi connectivity index (χ4n) is 11.3. The van der Waals surface area contributed by atoms with Gasteiger partial charge in [0.25, 0.3) is 0 Å². The monoisotopic (exact) mass is 1170 g/mol. The molecule has 0 saturated carbocycles. The lowest BCUT2D eigenvalue weighted by Crippen LogP contribution is -2.60. The molecule has 7 unspecified atom stereocenters. The SMILES string of the molecule is CCCCCCC/C=C/CC/C=C/C(O)C(COC1OC(CO)C(O)C(O)C1O)NC(=O)CCCCCCCCCCCCCCCCCCC/C=C\CCCCCCCCCCCCCCOC(=O)CCCCCCCCCCCCC. The molecule has 0 spiro atoms. The summed E-state index contributed by atoms with van der Waals surface area (Å²) in [6.45, 7) is 4.33. The Morgan fingerprint density at radius 3 is 1.19 bits per heavy atom. The molecule has 83 heavy (non-hydrogen) atoms. The van der Waals surface area contributed by atoms with Crippen LogP contribution in [0.2, 0.25) is 0 Å². The smallest absolute Gasteiger partial charge is 0.305 e. The lowest BCUT2D eigenvalue weighted by Gasteiger charge is -2.40. The van der Waals surface area contributed by atoms with Gasteiger partial charge in [-0.1, -0.05) is 301 Å². The second-order valence-corrected chi connectivity index (χ2v) is 24.9. The van der Waals surface area contributed by atoms with Gasteiger partial charge in [-0.25, -0.2) is 0 Å². The van der Waals surface area contributed by atoms with Crippen molar-refractivity contribution in [3.63, 3.8) is 0 Å². The van der Waals surface area contributed by atoms with Gasteiger partial charge in [-0.2, -0.15) is 0 Å². The minimum atomic E-state index is -1.57. The Morgan fingerprint density at radius 2 is 0.783 bits per heavy atom. The van der Waals surface area contributed by atoms with E-state index in [1.807, 2.05) is 6.08 Å². The van der Waals surface area contributed by atoms with Crippen LogP contribution in [0, 0.1) is 0 Å². The van der Waals surface area contributed by atoms with Gasteiger partial charge in [0.15, 0.2) is 6.29 Å². The number of amides is 1. The summed E-state index contributed by atoms with van der Waals surface area (Å²) < 4.78 is 16.7. The van der Waals surface area contributed by atoms with Gasteiger partial charge in [0.2, 0.25) is 5.91 Å². The number of ether oxygens (including phenoxy) is 3. The topological polar surface area (TPSA) is 175 Å². The Kier molecular flexibility index (Phi) is 58.5. The highest BCUT2D eigenvalue weighted by atomic mass is 16.7. The molecule has 488 valence electrons. The second-order valence-electron chi connectivity index (χ2n) is 24.9. The van der Waals surface area contributed by atoms with Crippen molar-refractivity contribution in [2.24, 2.45) is 0 Å². The Hall–Kier alpha value is -2.12. The quantitative estimate of drug-likeness (QED) is 0.0195. The maximum Gasteiger partial charge on any atom is 0.305 e. The molecule has 1 heterocycles. The molecule has 1 fully saturated rings. The predicted molar refractivity (Wildman–Crippen MR) is 347 cm³/mol. The van der Waals surface area contributed by atoms with Crippen LogP contribution >= 0.6 is 0 Å². The number of rotatable bonds is 63. The number of hydrogen-bond acceptors (Lipinski definition) is 10. The Morgan fingerprint density at radius 1 is 0.434 bits per heavy atom. The second kappa shape index (κ2) is 61.5. The molecule has 11 heteroatoms. The van der Waals surface area contributed by atoms with Gasteiger partial charge in [0, 0.05) is 12.8 Å². The van der Waals surface area contributed by atoms with Gasteiger partial charge in [-0.15, -0.1) is 0 Å². The summed E-state index contributed by atoms with van der Waals surface area (Å²) in [5, 5.41) is 54.4. The van der Waals surface area contributed by atoms with Crippen molar-refractivity contribution >= 4 is 11.9 Å². The molecule has 1 saturated heterocycles. The number of esters is 1. The molecule has 0 aliphatic carbocycles. The van der Waals surface area contributed by atoms with E-state index in [1.165, 1.54) is 270 Å². The largest absolute Gasteiger partial charge is 0.466 e. The summed E-state index contributed by atoms with van der Waals surface area (Å²) in [6.07, 6.45) is 68.7. The average molecular weight is 1170 g/mol.